The molecule has 3 heteroatoms. The monoisotopic (exact) mass is 192 g/mol. The predicted octanol–water partition coefficient (Wildman–Crippen LogP) is 1.93. The molecule has 0 fully saturated rings. The molecule has 1 aromatic carbocycles. The van der Waals surface area contributed by atoms with Crippen molar-refractivity contribution < 1.29 is 15.0 Å². The van der Waals surface area contributed by atoms with Crippen LogP contribution in [-0.4, -0.2) is 16.0 Å². The average Bonchev–Trinajstić information content (AvgIpc) is 2.14. The van der Waals surface area contributed by atoms with Gasteiger partial charge in [0, 0.05) is 12.0 Å². The molecular weight excluding hydrogens is 180 g/mol. The van der Waals surface area contributed by atoms with Crippen LogP contribution in [0.15, 0.2) is 6.07 Å². The topological polar surface area (TPSA) is 57.5 Å². The highest BCUT2D eigenvalue weighted by Crippen LogP contribution is 2.36. The van der Waals surface area contributed by atoms with Crippen LogP contribution in [0, 0.1) is 6.92 Å². The van der Waals surface area contributed by atoms with Gasteiger partial charge in [-0.05, 0) is 31.4 Å². The Morgan fingerprint density at radius 2 is 2.00 bits per heavy atom. The van der Waals surface area contributed by atoms with Crippen molar-refractivity contribution in [1.29, 1.82) is 0 Å². The van der Waals surface area contributed by atoms with Crippen LogP contribution in [0.3, 0.4) is 0 Å². The molecule has 0 aromatic heterocycles. The van der Waals surface area contributed by atoms with E-state index in [1.807, 2.05) is 0 Å². The first-order chi connectivity index (χ1) is 6.61. The Hall–Kier alpha value is -1.51. The highest BCUT2D eigenvalue weighted by molar-refractivity contribution is 6.01. The molecule has 0 bridgehead atoms. The second-order valence-electron chi connectivity index (χ2n) is 3.68. The fourth-order valence-corrected chi connectivity index (χ4v) is 1.88. The molecular formula is C11H12O3. The largest absolute Gasteiger partial charge is 0.508 e. The summed E-state index contributed by atoms with van der Waals surface area (Å²) in [5.41, 5.74) is 1.56. The van der Waals surface area contributed by atoms with Gasteiger partial charge in [0.25, 0.3) is 0 Å². The van der Waals surface area contributed by atoms with E-state index in [-0.39, 0.29) is 17.3 Å². The number of benzene rings is 1. The minimum atomic E-state index is -0.0512. The number of Topliss-reactive ketones (excluding diaryl/α,β-unsaturated/α-hetero) is 1. The van der Waals surface area contributed by atoms with Gasteiger partial charge in [-0.25, -0.2) is 0 Å². The van der Waals surface area contributed by atoms with E-state index in [0.29, 0.717) is 17.5 Å². The van der Waals surface area contributed by atoms with Crippen LogP contribution in [0.1, 0.15) is 34.3 Å². The number of carbonyl (C=O) groups excluding carboxylic acids is 1. The smallest absolute Gasteiger partial charge is 0.166 e. The average molecular weight is 192 g/mol. The maximum Gasteiger partial charge on any atom is 0.166 e. The molecule has 0 saturated carbocycles. The number of aromatic hydroxyl groups is 2. The van der Waals surface area contributed by atoms with Gasteiger partial charge in [0.1, 0.15) is 11.5 Å². The van der Waals surface area contributed by atoms with Crippen LogP contribution in [-0.2, 0) is 6.42 Å². The van der Waals surface area contributed by atoms with Gasteiger partial charge in [0.05, 0.1) is 5.56 Å². The zero-order chi connectivity index (χ0) is 10.3. The summed E-state index contributed by atoms with van der Waals surface area (Å²) >= 11 is 0. The van der Waals surface area contributed by atoms with E-state index >= 15 is 0 Å². The third kappa shape index (κ3) is 1.16. The maximum absolute atomic E-state index is 11.5. The van der Waals surface area contributed by atoms with Crippen LogP contribution in [0.4, 0.5) is 0 Å². The van der Waals surface area contributed by atoms with Gasteiger partial charge in [0.15, 0.2) is 5.78 Å². The summed E-state index contributed by atoms with van der Waals surface area (Å²) in [6.45, 7) is 1.60. The molecule has 2 rings (SSSR count). The summed E-state index contributed by atoms with van der Waals surface area (Å²) in [7, 11) is 0. The lowest BCUT2D eigenvalue weighted by molar-refractivity contribution is 0.0969. The van der Waals surface area contributed by atoms with Crippen molar-refractivity contribution in [2.45, 2.75) is 26.2 Å². The lowest BCUT2D eigenvalue weighted by atomic mass is 9.88. The number of aryl methyl sites for hydroxylation is 1. The van der Waals surface area contributed by atoms with Crippen molar-refractivity contribution in [2.75, 3.05) is 0 Å². The Kier molecular flexibility index (Phi) is 1.95. The van der Waals surface area contributed by atoms with Crippen LogP contribution in [0.5, 0.6) is 11.5 Å². The highest BCUT2D eigenvalue weighted by Gasteiger charge is 2.23. The van der Waals surface area contributed by atoms with E-state index in [2.05, 4.69) is 0 Å². The SMILES string of the molecule is Cc1c(O)cc2c(c1O)C(=O)CCC2. The number of hydrogen-bond acceptors (Lipinski definition) is 3. The van der Waals surface area contributed by atoms with Crippen LogP contribution in [0.25, 0.3) is 0 Å². The van der Waals surface area contributed by atoms with Crippen molar-refractivity contribution in [2.24, 2.45) is 0 Å². The predicted molar refractivity (Wildman–Crippen MR) is 51.8 cm³/mol. The molecule has 0 spiro atoms. The summed E-state index contributed by atoms with van der Waals surface area (Å²) < 4.78 is 0. The van der Waals surface area contributed by atoms with Crippen molar-refractivity contribution in [1.82, 2.24) is 0 Å². The van der Waals surface area contributed by atoms with Crippen molar-refractivity contribution >= 4 is 5.78 Å². The van der Waals surface area contributed by atoms with Gasteiger partial charge in [-0.3, -0.25) is 4.79 Å². The first-order valence-corrected chi connectivity index (χ1v) is 4.69. The molecule has 14 heavy (non-hydrogen) atoms. The number of phenolic OH excluding ortho intramolecular Hbond substituents is 2. The number of carbonyl (C=O) groups is 1. The number of ketones is 1. The summed E-state index contributed by atoms with van der Waals surface area (Å²) in [5.74, 6) is -0.00694. The Morgan fingerprint density at radius 1 is 1.29 bits per heavy atom. The Balaban J connectivity index is 2.70. The molecule has 1 aliphatic carbocycles. The molecule has 0 radical (unpaired) electrons. The van der Waals surface area contributed by atoms with Crippen molar-refractivity contribution in [3.63, 3.8) is 0 Å². The fraction of sp³-hybridized carbons (Fsp3) is 0.364. The Morgan fingerprint density at radius 3 is 2.71 bits per heavy atom. The lowest BCUT2D eigenvalue weighted by Gasteiger charge is -2.17. The van der Waals surface area contributed by atoms with Gasteiger partial charge in [-0.1, -0.05) is 0 Å². The fourth-order valence-electron chi connectivity index (χ4n) is 1.88. The Bertz CT molecular complexity index is 407. The molecule has 0 atom stereocenters. The van der Waals surface area contributed by atoms with Gasteiger partial charge < -0.3 is 10.2 Å². The minimum Gasteiger partial charge on any atom is -0.508 e. The zero-order valence-corrected chi connectivity index (χ0v) is 8.00. The summed E-state index contributed by atoms with van der Waals surface area (Å²) in [4.78, 5) is 11.5. The van der Waals surface area contributed by atoms with Crippen LogP contribution < -0.4 is 0 Å². The summed E-state index contributed by atoms with van der Waals surface area (Å²) in [5, 5.41) is 19.2. The van der Waals surface area contributed by atoms with Crippen molar-refractivity contribution in [3.05, 3.63) is 22.8 Å². The number of phenols is 2. The van der Waals surface area contributed by atoms with Gasteiger partial charge in [0.2, 0.25) is 0 Å². The van der Waals surface area contributed by atoms with E-state index in [4.69, 9.17) is 0 Å². The van der Waals surface area contributed by atoms with Crippen LogP contribution >= 0.6 is 0 Å². The standard InChI is InChI=1S/C11H12O3/c1-6-9(13)5-7-3-2-4-8(12)10(7)11(6)14/h5,13-14H,2-4H2,1H3. The van der Waals surface area contributed by atoms with E-state index in [0.717, 1.165) is 18.4 Å². The minimum absolute atomic E-state index is 0.0214. The van der Waals surface area contributed by atoms with E-state index in [1.165, 1.54) is 0 Å². The third-order valence-electron chi connectivity index (χ3n) is 2.74. The van der Waals surface area contributed by atoms with Crippen LogP contribution in [0.2, 0.25) is 0 Å². The molecule has 1 aromatic rings. The normalized spacial score (nSPS) is 15.4. The molecule has 0 saturated heterocycles. The second-order valence-corrected chi connectivity index (χ2v) is 3.68. The molecule has 2 N–H and O–H groups in total. The molecule has 0 unspecified atom stereocenters. The van der Waals surface area contributed by atoms with E-state index < -0.39 is 0 Å². The summed E-state index contributed by atoms with van der Waals surface area (Å²) in [6, 6.07) is 1.58. The maximum atomic E-state index is 11.5. The second kappa shape index (κ2) is 3.01. The molecule has 0 heterocycles. The highest BCUT2D eigenvalue weighted by atomic mass is 16.3. The molecule has 1 aliphatic rings. The number of fused-ring (bicyclic) bond motifs is 1. The lowest BCUT2D eigenvalue weighted by Crippen LogP contribution is -2.11. The van der Waals surface area contributed by atoms with Gasteiger partial charge in [-0.2, -0.15) is 0 Å². The Labute approximate surface area is 82.0 Å². The zero-order valence-electron chi connectivity index (χ0n) is 8.00. The number of rotatable bonds is 0. The van der Waals surface area contributed by atoms with Crippen molar-refractivity contribution in [3.8, 4) is 11.5 Å². The first kappa shape index (κ1) is 9.06. The van der Waals surface area contributed by atoms with Gasteiger partial charge in [-0.15, -0.1) is 0 Å². The molecule has 3 nitrogen and oxygen atoms in total. The molecule has 0 amide bonds. The quantitative estimate of drug-likeness (QED) is 0.660. The third-order valence-corrected chi connectivity index (χ3v) is 2.74. The number of hydrogen-bond donors (Lipinski definition) is 2. The summed E-state index contributed by atoms with van der Waals surface area (Å²) in [6.07, 6.45) is 2.04. The van der Waals surface area contributed by atoms with Gasteiger partial charge >= 0.3 is 0 Å². The van der Waals surface area contributed by atoms with E-state index in [9.17, 15) is 15.0 Å². The first-order valence-electron chi connectivity index (χ1n) is 4.69. The molecule has 74 valence electrons. The van der Waals surface area contributed by atoms with E-state index in [1.54, 1.807) is 13.0 Å². The molecule has 0 aliphatic heterocycles.